The van der Waals surface area contributed by atoms with Gasteiger partial charge in [0.1, 0.15) is 12.1 Å². The topological polar surface area (TPSA) is 76.4 Å². The lowest BCUT2D eigenvalue weighted by Crippen LogP contribution is -2.36. The van der Waals surface area contributed by atoms with Crippen LogP contribution < -0.4 is 15.4 Å². The fraction of sp³-hybridized carbons (Fsp3) is 0.400. The zero-order valence-electron chi connectivity index (χ0n) is 13.8. The summed E-state index contributed by atoms with van der Waals surface area (Å²) in [4.78, 5) is 4.09. The van der Waals surface area contributed by atoms with Crippen molar-refractivity contribution in [2.24, 2.45) is 12.0 Å². The van der Waals surface area contributed by atoms with Gasteiger partial charge < -0.3 is 19.9 Å². The summed E-state index contributed by atoms with van der Waals surface area (Å²) in [5.74, 6) is 1.50. The van der Waals surface area contributed by atoms with Crippen molar-refractivity contribution in [3.05, 3.63) is 42.0 Å². The summed E-state index contributed by atoms with van der Waals surface area (Å²) in [7, 11) is 3.48. The lowest BCUT2D eigenvalue weighted by molar-refractivity contribution is -0.153. The Bertz CT molecular complexity index is 696. The van der Waals surface area contributed by atoms with E-state index in [1.165, 1.54) is 12.1 Å². The molecule has 0 aliphatic heterocycles. The van der Waals surface area contributed by atoms with Crippen molar-refractivity contribution in [2.45, 2.75) is 19.3 Å². The molecule has 0 saturated carbocycles. The van der Waals surface area contributed by atoms with E-state index in [-0.39, 0.29) is 5.75 Å². The third kappa shape index (κ3) is 6.32. The zero-order chi connectivity index (χ0) is 18.3. The predicted molar refractivity (Wildman–Crippen MR) is 86.0 cm³/mol. The number of aryl methyl sites for hydroxylation is 1. The smallest absolute Gasteiger partial charge is 0.422 e. The van der Waals surface area contributed by atoms with Crippen molar-refractivity contribution in [1.82, 2.24) is 25.4 Å². The van der Waals surface area contributed by atoms with Crippen molar-refractivity contribution < 1.29 is 17.9 Å². The molecule has 2 aromatic rings. The zero-order valence-corrected chi connectivity index (χ0v) is 13.8. The predicted octanol–water partition coefficient (Wildman–Crippen LogP) is 1.62. The monoisotopic (exact) mass is 356 g/mol. The summed E-state index contributed by atoms with van der Waals surface area (Å²) in [5.41, 5.74) is 0.876. The third-order valence-electron chi connectivity index (χ3n) is 3.23. The Balaban J connectivity index is 1.80. The summed E-state index contributed by atoms with van der Waals surface area (Å²) < 4.78 is 42.8. The van der Waals surface area contributed by atoms with Gasteiger partial charge in [-0.3, -0.25) is 4.99 Å². The maximum absolute atomic E-state index is 12.1. The van der Waals surface area contributed by atoms with Gasteiger partial charge in [-0.05, 0) is 17.7 Å². The minimum Gasteiger partial charge on any atom is -0.484 e. The van der Waals surface area contributed by atoms with Crippen LogP contribution in [-0.4, -0.2) is 40.6 Å². The van der Waals surface area contributed by atoms with Gasteiger partial charge in [0.15, 0.2) is 18.4 Å². The second-order valence-corrected chi connectivity index (χ2v) is 5.19. The van der Waals surface area contributed by atoms with Crippen LogP contribution in [0.4, 0.5) is 13.2 Å². The summed E-state index contributed by atoms with van der Waals surface area (Å²) in [6.45, 7) is -0.387. The van der Waals surface area contributed by atoms with Crippen LogP contribution in [0.3, 0.4) is 0 Å². The normalized spacial score (nSPS) is 12.1. The number of ether oxygens (including phenoxy) is 1. The number of rotatable bonds is 6. The first-order chi connectivity index (χ1) is 11.9. The Morgan fingerprint density at radius 1 is 1.20 bits per heavy atom. The van der Waals surface area contributed by atoms with Crippen LogP contribution >= 0.6 is 0 Å². The first-order valence-electron chi connectivity index (χ1n) is 7.43. The highest BCUT2D eigenvalue weighted by Crippen LogP contribution is 2.18. The molecular weight excluding hydrogens is 337 g/mol. The summed E-state index contributed by atoms with van der Waals surface area (Å²) in [6, 6.07) is 6.38. The highest BCUT2D eigenvalue weighted by molar-refractivity contribution is 5.79. The van der Waals surface area contributed by atoms with E-state index in [0.717, 1.165) is 11.4 Å². The lowest BCUT2D eigenvalue weighted by Gasteiger charge is -2.12. The van der Waals surface area contributed by atoms with Gasteiger partial charge in [-0.1, -0.05) is 12.1 Å². The van der Waals surface area contributed by atoms with Crippen LogP contribution in [-0.2, 0) is 20.1 Å². The van der Waals surface area contributed by atoms with Crippen LogP contribution in [0.2, 0.25) is 0 Å². The van der Waals surface area contributed by atoms with Crippen molar-refractivity contribution in [2.75, 3.05) is 13.7 Å². The van der Waals surface area contributed by atoms with Gasteiger partial charge in [0.2, 0.25) is 0 Å². The van der Waals surface area contributed by atoms with E-state index in [1.807, 2.05) is 7.05 Å². The van der Waals surface area contributed by atoms with E-state index < -0.39 is 12.8 Å². The van der Waals surface area contributed by atoms with Crippen LogP contribution in [0.25, 0.3) is 0 Å². The van der Waals surface area contributed by atoms with Crippen molar-refractivity contribution in [3.63, 3.8) is 0 Å². The third-order valence-corrected chi connectivity index (χ3v) is 3.23. The molecule has 136 valence electrons. The summed E-state index contributed by atoms with van der Waals surface area (Å²) in [6.07, 6.45) is -2.74. The number of guanidine groups is 1. The molecule has 2 rings (SSSR count). The number of halogens is 3. The number of aliphatic imine (C=N–C) groups is 1. The van der Waals surface area contributed by atoms with E-state index >= 15 is 0 Å². The molecule has 0 radical (unpaired) electrons. The molecule has 0 aliphatic rings. The Morgan fingerprint density at radius 3 is 2.44 bits per heavy atom. The first kappa shape index (κ1) is 18.6. The summed E-state index contributed by atoms with van der Waals surface area (Å²) >= 11 is 0. The number of benzene rings is 1. The summed E-state index contributed by atoms with van der Waals surface area (Å²) in [5, 5.41) is 13.9. The van der Waals surface area contributed by atoms with E-state index in [2.05, 4.69) is 30.6 Å². The highest BCUT2D eigenvalue weighted by atomic mass is 19.4. The van der Waals surface area contributed by atoms with Gasteiger partial charge in [-0.2, -0.15) is 13.2 Å². The average Bonchev–Trinajstić information content (AvgIpc) is 2.98. The molecule has 10 heteroatoms. The quantitative estimate of drug-likeness (QED) is 0.608. The Labute approximate surface area is 142 Å². The highest BCUT2D eigenvalue weighted by Gasteiger charge is 2.28. The van der Waals surface area contributed by atoms with Gasteiger partial charge in [0.25, 0.3) is 0 Å². The average molecular weight is 356 g/mol. The first-order valence-corrected chi connectivity index (χ1v) is 7.43. The molecule has 0 bridgehead atoms. The SMILES string of the molecule is CN=C(NCc1ccc(OCC(F)(F)F)cc1)NCc1nncn1C. The van der Waals surface area contributed by atoms with Crippen molar-refractivity contribution >= 4 is 5.96 Å². The van der Waals surface area contributed by atoms with Crippen LogP contribution in [0.5, 0.6) is 5.75 Å². The van der Waals surface area contributed by atoms with Gasteiger partial charge >= 0.3 is 6.18 Å². The maximum atomic E-state index is 12.1. The Morgan fingerprint density at radius 2 is 1.88 bits per heavy atom. The molecule has 1 aromatic carbocycles. The molecule has 7 nitrogen and oxygen atoms in total. The van der Waals surface area contributed by atoms with Crippen molar-refractivity contribution in [3.8, 4) is 5.75 Å². The Hall–Kier alpha value is -2.78. The molecule has 25 heavy (non-hydrogen) atoms. The second-order valence-electron chi connectivity index (χ2n) is 5.19. The standard InChI is InChI=1S/C15H19F3N6O/c1-19-14(21-8-13-23-22-10-24(13)2)20-7-11-3-5-12(6-4-11)25-9-15(16,17)18/h3-6,10H,7-9H2,1-2H3,(H2,19,20,21). The van der Waals surface area contributed by atoms with Crippen molar-refractivity contribution in [1.29, 1.82) is 0 Å². The molecule has 0 amide bonds. The van der Waals surface area contributed by atoms with Crippen LogP contribution in [0, 0.1) is 0 Å². The maximum Gasteiger partial charge on any atom is 0.422 e. The molecule has 0 spiro atoms. The van der Waals surface area contributed by atoms with Gasteiger partial charge in [0.05, 0.1) is 6.54 Å². The molecule has 2 N–H and O–H groups in total. The van der Waals surface area contributed by atoms with E-state index in [1.54, 1.807) is 30.1 Å². The molecule has 0 saturated heterocycles. The largest absolute Gasteiger partial charge is 0.484 e. The number of hydrogen-bond acceptors (Lipinski definition) is 4. The number of hydrogen-bond donors (Lipinski definition) is 2. The fourth-order valence-electron chi connectivity index (χ4n) is 1.91. The van der Waals surface area contributed by atoms with E-state index in [4.69, 9.17) is 0 Å². The van der Waals surface area contributed by atoms with E-state index in [0.29, 0.717) is 19.0 Å². The molecule has 1 heterocycles. The molecule has 0 fully saturated rings. The fourth-order valence-corrected chi connectivity index (χ4v) is 1.91. The molecule has 1 aromatic heterocycles. The molecule has 0 unspecified atom stereocenters. The number of nitrogens with zero attached hydrogens (tertiary/aromatic N) is 4. The molecule has 0 aliphatic carbocycles. The van der Waals surface area contributed by atoms with Gasteiger partial charge in [0, 0.05) is 20.6 Å². The molecule has 0 atom stereocenters. The minimum absolute atomic E-state index is 0.172. The van der Waals surface area contributed by atoms with E-state index in [9.17, 15) is 13.2 Å². The number of nitrogens with one attached hydrogen (secondary N) is 2. The van der Waals surface area contributed by atoms with Gasteiger partial charge in [-0.15, -0.1) is 10.2 Å². The van der Waals surface area contributed by atoms with Gasteiger partial charge in [-0.25, -0.2) is 0 Å². The van der Waals surface area contributed by atoms with Crippen LogP contribution in [0.1, 0.15) is 11.4 Å². The number of alkyl halides is 3. The Kier molecular flexibility index (Phi) is 6.20. The second kappa shape index (κ2) is 8.36. The lowest BCUT2D eigenvalue weighted by atomic mass is 10.2. The minimum atomic E-state index is -4.35. The number of aromatic nitrogens is 3. The molecular formula is C15H19F3N6O. The van der Waals surface area contributed by atoms with Crippen LogP contribution in [0.15, 0.2) is 35.6 Å².